The third-order valence-corrected chi connectivity index (χ3v) is 1.75. The van der Waals surface area contributed by atoms with Crippen LogP contribution in [-0.4, -0.2) is 19.5 Å². The van der Waals surface area contributed by atoms with Crippen LogP contribution in [0.15, 0.2) is 16.9 Å². The molecule has 3 nitrogen and oxygen atoms in total. The van der Waals surface area contributed by atoms with E-state index in [1.54, 1.807) is 6.26 Å². The van der Waals surface area contributed by atoms with Gasteiger partial charge in [0.25, 0.3) is 0 Å². The lowest BCUT2D eigenvalue weighted by Crippen LogP contribution is -2.14. The van der Waals surface area contributed by atoms with Gasteiger partial charge in [0.05, 0.1) is 0 Å². The summed E-state index contributed by atoms with van der Waals surface area (Å²) in [5.41, 5.74) is 0. The van der Waals surface area contributed by atoms with Gasteiger partial charge >= 0.3 is 14.4 Å². The van der Waals surface area contributed by atoms with E-state index in [9.17, 15) is 0 Å². The molecule has 0 aliphatic carbocycles. The minimum Gasteiger partial charge on any atom is -0.458 e. The normalized spacial score (nSPS) is 9.11. The predicted molar refractivity (Wildman–Crippen MR) is 37.6 cm³/mol. The van der Waals surface area contributed by atoms with Crippen LogP contribution in [0.5, 0.6) is 0 Å². The molecule has 0 aliphatic rings. The fourth-order valence-corrected chi connectivity index (χ4v) is 1.32. The zero-order chi connectivity index (χ0) is 6.69. The molecular weight excluding hydrogens is 131 g/mol. The maximum atomic E-state index is 4.63. The standard InChI is InChI=1S/C3H3N2O.2CH3.Al/c4-3-1-2-6-5-3;;;/h1-2H,(H-,4,5);2*1H3;/q-1;;;+1. The van der Waals surface area contributed by atoms with Crippen LogP contribution >= 0.6 is 0 Å². The summed E-state index contributed by atoms with van der Waals surface area (Å²) in [6, 6.07) is 1.83. The first-order valence-corrected chi connectivity index (χ1v) is 5.84. The van der Waals surface area contributed by atoms with Crippen LogP contribution in [0.3, 0.4) is 0 Å². The van der Waals surface area contributed by atoms with E-state index in [1.807, 2.05) is 6.07 Å². The molecule has 1 aromatic heterocycles. The summed E-state index contributed by atoms with van der Waals surface area (Å²) in [6.45, 7) is 0. The number of rotatable bonds is 2. The highest BCUT2D eigenvalue weighted by Crippen LogP contribution is 2.00. The number of hydrogen-bond donors (Lipinski definition) is 1. The molecule has 0 fully saturated rings. The van der Waals surface area contributed by atoms with Crippen molar-refractivity contribution in [1.82, 2.24) is 5.16 Å². The molecule has 1 rings (SSSR count). The second kappa shape index (κ2) is 2.90. The zero-order valence-corrected chi connectivity index (χ0v) is 6.74. The Morgan fingerprint density at radius 3 is 2.89 bits per heavy atom. The molecule has 0 atom stereocenters. The first-order chi connectivity index (χ1) is 4.29. The molecule has 0 radical (unpaired) electrons. The average molecular weight is 140 g/mol. The van der Waals surface area contributed by atoms with Crippen LogP contribution in [0.1, 0.15) is 0 Å². The van der Waals surface area contributed by atoms with Gasteiger partial charge in [-0.1, -0.05) is 16.7 Å². The summed E-state index contributed by atoms with van der Waals surface area (Å²) >= 11 is -0.736. The van der Waals surface area contributed by atoms with Crippen molar-refractivity contribution in [3.05, 3.63) is 12.3 Å². The van der Waals surface area contributed by atoms with Crippen LogP contribution in [0.25, 0.3) is 0 Å². The highest BCUT2D eigenvalue weighted by atomic mass is 27.2. The van der Waals surface area contributed by atoms with Crippen LogP contribution in [0.4, 0.5) is 5.82 Å². The summed E-state index contributed by atoms with van der Waals surface area (Å²) in [6.07, 6.45) is 1.57. The van der Waals surface area contributed by atoms with Gasteiger partial charge in [-0.15, -0.1) is 0 Å². The molecular formula is C5H9AlN2O. The second-order valence-electron chi connectivity index (χ2n) is 2.18. The van der Waals surface area contributed by atoms with Crippen molar-refractivity contribution < 1.29 is 4.52 Å². The molecule has 0 bridgehead atoms. The smallest absolute Gasteiger partial charge is 0.405 e. The molecule has 1 heterocycles. The van der Waals surface area contributed by atoms with Gasteiger partial charge in [0, 0.05) is 6.07 Å². The maximum Gasteiger partial charge on any atom is 0.405 e. The summed E-state index contributed by atoms with van der Waals surface area (Å²) in [5.74, 6) is 5.24. The minimum absolute atomic E-state index is 0.736. The van der Waals surface area contributed by atoms with Crippen molar-refractivity contribution in [3.63, 3.8) is 0 Å². The SMILES string of the molecule is [CH3][Al]([CH3])[NH]c1ccon1. The third kappa shape index (κ3) is 2.08. The Morgan fingerprint density at radius 1 is 1.67 bits per heavy atom. The summed E-state index contributed by atoms with van der Waals surface area (Å²) in [4.78, 5) is 0. The van der Waals surface area contributed by atoms with Crippen LogP contribution < -0.4 is 4.30 Å². The van der Waals surface area contributed by atoms with Crippen molar-refractivity contribution in [2.75, 3.05) is 4.30 Å². The van der Waals surface area contributed by atoms with E-state index < -0.39 is 14.4 Å². The molecule has 9 heavy (non-hydrogen) atoms. The Balaban J connectivity index is 2.48. The monoisotopic (exact) mass is 140 g/mol. The van der Waals surface area contributed by atoms with Crippen LogP contribution in [0.2, 0.25) is 11.6 Å². The fourth-order valence-electron chi connectivity index (χ4n) is 0.583. The summed E-state index contributed by atoms with van der Waals surface area (Å²) < 4.78 is 7.84. The van der Waals surface area contributed by atoms with E-state index in [-0.39, 0.29) is 0 Å². The van der Waals surface area contributed by atoms with Gasteiger partial charge in [0.2, 0.25) is 0 Å². The van der Waals surface area contributed by atoms with Crippen LogP contribution in [0, 0.1) is 0 Å². The van der Waals surface area contributed by atoms with Crippen molar-refractivity contribution in [2.24, 2.45) is 0 Å². The fraction of sp³-hybridized carbons (Fsp3) is 0.400. The van der Waals surface area contributed by atoms with Crippen LogP contribution in [-0.2, 0) is 0 Å². The Hall–Kier alpha value is -0.458. The average Bonchev–Trinajstić information content (AvgIpc) is 2.15. The number of aromatic nitrogens is 1. The molecule has 0 spiro atoms. The van der Waals surface area contributed by atoms with E-state index in [2.05, 4.69) is 25.6 Å². The maximum absolute atomic E-state index is 4.63. The Bertz CT molecular complexity index is 161. The largest absolute Gasteiger partial charge is 0.458 e. The topological polar surface area (TPSA) is 38.1 Å². The highest BCUT2D eigenvalue weighted by molar-refractivity contribution is 6.59. The van der Waals surface area contributed by atoms with Crippen molar-refractivity contribution in [3.8, 4) is 0 Å². The van der Waals surface area contributed by atoms with Crippen molar-refractivity contribution in [2.45, 2.75) is 11.6 Å². The van der Waals surface area contributed by atoms with Gasteiger partial charge in [-0.25, -0.2) is 0 Å². The molecule has 1 N–H and O–H groups in total. The number of hydrogen-bond acceptors (Lipinski definition) is 3. The first kappa shape index (κ1) is 6.66. The van der Waals surface area contributed by atoms with E-state index in [0.29, 0.717) is 0 Å². The van der Waals surface area contributed by atoms with Crippen molar-refractivity contribution >= 4 is 20.2 Å². The summed E-state index contributed by atoms with van der Waals surface area (Å²) in [5, 5.41) is 3.70. The second-order valence-corrected chi connectivity index (χ2v) is 4.78. The lowest BCUT2D eigenvalue weighted by molar-refractivity contribution is 0.423. The van der Waals surface area contributed by atoms with E-state index >= 15 is 0 Å². The molecule has 0 aliphatic heterocycles. The molecule has 1 aromatic rings. The van der Waals surface area contributed by atoms with Gasteiger partial charge in [-0.05, 0) is 0 Å². The summed E-state index contributed by atoms with van der Waals surface area (Å²) in [7, 11) is 0. The van der Waals surface area contributed by atoms with Gasteiger partial charge in [-0.3, -0.25) is 0 Å². The quantitative estimate of drug-likeness (QED) is 0.630. The molecule has 48 valence electrons. The number of nitrogens with zero attached hydrogens (tertiary/aromatic N) is 1. The van der Waals surface area contributed by atoms with E-state index in [4.69, 9.17) is 0 Å². The van der Waals surface area contributed by atoms with E-state index in [0.717, 1.165) is 5.82 Å². The Labute approximate surface area is 58.6 Å². The van der Waals surface area contributed by atoms with Gasteiger partial charge in [0.15, 0.2) is 0 Å². The number of nitrogens with one attached hydrogen (secondary N) is 1. The molecule has 0 unspecified atom stereocenters. The van der Waals surface area contributed by atoms with E-state index in [1.165, 1.54) is 0 Å². The molecule has 0 saturated carbocycles. The molecule has 0 aromatic carbocycles. The lowest BCUT2D eigenvalue weighted by atomic mass is 10.7. The zero-order valence-electron chi connectivity index (χ0n) is 5.59. The highest BCUT2D eigenvalue weighted by Gasteiger charge is 2.03. The first-order valence-electron chi connectivity index (χ1n) is 2.96. The Kier molecular flexibility index (Phi) is 2.15. The molecule has 0 saturated heterocycles. The van der Waals surface area contributed by atoms with Gasteiger partial charge < -0.3 is 8.82 Å². The molecule has 4 heteroatoms. The van der Waals surface area contributed by atoms with Gasteiger partial charge in [-0.2, -0.15) is 0 Å². The Morgan fingerprint density at radius 2 is 2.44 bits per heavy atom. The van der Waals surface area contributed by atoms with Crippen molar-refractivity contribution in [1.29, 1.82) is 0 Å². The van der Waals surface area contributed by atoms with Gasteiger partial charge in [0.1, 0.15) is 12.1 Å². The lowest BCUT2D eigenvalue weighted by Gasteiger charge is -1.97. The molecule has 0 amide bonds. The predicted octanol–water partition coefficient (Wildman–Crippen LogP) is 1.34. The minimum atomic E-state index is -0.736. The number of anilines is 1. The third-order valence-electron chi connectivity index (χ3n) is 0.874.